The van der Waals surface area contributed by atoms with Crippen molar-refractivity contribution in [2.45, 2.75) is 6.92 Å². The lowest BCUT2D eigenvalue weighted by molar-refractivity contribution is -0.137. The van der Waals surface area contributed by atoms with Crippen molar-refractivity contribution in [3.8, 4) is 5.75 Å². The lowest BCUT2D eigenvalue weighted by Crippen LogP contribution is -2.06. The van der Waals surface area contributed by atoms with E-state index in [2.05, 4.69) is 20.7 Å². The van der Waals surface area contributed by atoms with Crippen LogP contribution in [0.15, 0.2) is 30.0 Å². The summed E-state index contributed by atoms with van der Waals surface area (Å²) in [6.07, 6.45) is 1.07. The molecule has 0 saturated heterocycles. The number of ether oxygens (including phenoxy) is 2. The minimum Gasteiger partial charge on any atom is -0.463 e. The summed E-state index contributed by atoms with van der Waals surface area (Å²) in [6, 6.07) is 3.55. The van der Waals surface area contributed by atoms with Crippen LogP contribution in [0.1, 0.15) is 6.92 Å². The molecule has 6 heteroatoms. The van der Waals surface area contributed by atoms with Gasteiger partial charge in [0.25, 0.3) is 0 Å². The van der Waals surface area contributed by atoms with E-state index in [1.54, 1.807) is 6.92 Å². The maximum Gasteiger partial charge on any atom is 0.334 e. The summed E-state index contributed by atoms with van der Waals surface area (Å²) in [5.41, 5.74) is 0. The molecule has 1 aromatic rings. The number of benzene rings is 1. The lowest BCUT2D eigenvalue weighted by Gasteiger charge is -2.08. The SMILES string of the molecule is CCOC(=O)C=C(CBr)Oc1cccc(F)c1F. The van der Waals surface area contributed by atoms with E-state index in [1.165, 1.54) is 12.1 Å². The fraction of sp³-hybridized carbons (Fsp3) is 0.250. The first-order chi connectivity index (χ1) is 8.58. The standard InChI is InChI=1S/C12H11BrF2O3/c1-2-17-11(16)6-8(7-13)18-10-5-3-4-9(14)12(10)15/h3-6H,2,7H2,1H3. The van der Waals surface area contributed by atoms with E-state index in [9.17, 15) is 13.6 Å². The van der Waals surface area contributed by atoms with Crippen LogP contribution < -0.4 is 4.74 Å². The summed E-state index contributed by atoms with van der Waals surface area (Å²) in [6.45, 7) is 1.88. The van der Waals surface area contributed by atoms with Crippen molar-refractivity contribution in [3.63, 3.8) is 0 Å². The zero-order valence-electron chi connectivity index (χ0n) is 9.58. The third-order valence-corrected chi connectivity index (χ3v) is 2.41. The highest BCUT2D eigenvalue weighted by Gasteiger charge is 2.11. The van der Waals surface area contributed by atoms with Crippen LogP contribution in [0.3, 0.4) is 0 Å². The van der Waals surface area contributed by atoms with Gasteiger partial charge in [0.05, 0.1) is 18.0 Å². The number of carbonyl (C=O) groups is 1. The maximum atomic E-state index is 13.3. The summed E-state index contributed by atoms with van der Waals surface area (Å²) in [5.74, 6) is -2.89. The van der Waals surface area contributed by atoms with Crippen LogP contribution in [-0.4, -0.2) is 17.9 Å². The predicted octanol–water partition coefficient (Wildman–Crippen LogP) is 3.19. The lowest BCUT2D eigenvalue weighted by atomic mass is 10.3. The molecule has 0 radical (unpaired) electrons. The van der Waals surface area contributed by atoms with E-state index in [-0.39, 0.29) is 23.4 Å². The molecular weight excluding hydrogens is 310 g/mol. The first-order valence-electron chi connectivity index (χ1n) is 5.13. The van der Waals surface area contributed by atoms with Crippen LogP contribution in [0.4, 0.5) is 8.78 Å². The Balaban J connectivity index is 2.86. The van der Waals surface area contributed by atoms with E-state index in [0.717, 1.165) is 12.1 Å². The smallest absolute Gasteiger partial charge is 0.334 e. The monoisotopic (exact) mass is 320 g/mol. The van der Waals surface area contributed by atoms with Gasteiger partial charge in [-0.3, -0.25) is 0 Å². The molecule has 0 bridgehead atoms. The van der Waals surface area contributed by atoms with Gasteiger partial charge in [-0.15, -0.1) is 0 Å². The van der Waals surface area contributed by atoms with Gasteiger partial charge in [-0.2, -0.15) is 4.39 Å². The Labute approximate surface area is 112 Å². The van der Waals surface area contributed by atoms with E-state index in [4.69, 9.17) is 4.74 Å². The molecule has 18 heavy (non-hydrogen) atoms. The molecule has 0 heterocycles. The Morgan fingerprint density at radius 2 is 2.17 bits per heavy atom. The van der Waals surface area contributed by atoms with Crippen LogP contribution >= 0.6 is 15.9 Å². The fourth-order valence-corrected chi connectivity index (χ4v) is 1.39. The van der Waals surface area contributed by atoms with Gasteiger partial charge in [-0.25, -0.2) is 9.18 Å². The molecule has 3 nitrogen and oxygen atoms in total. The second-order valence-corrected chi connectivity index (χ2v) is 3.71. The number of allylic oxidation sites excluding steroid dienone is 1. The summed E-state index contributed by atoms with van der Waals surface area (Å²) in [7, 11) is 0. The Morgan fingerprint density at radius 3 is 2.78 bits per heavy atom. The van der Waals surface area contributed by atoms with Crippen molar-refractivity contribution in [1.82, 2.24) is 0 Å². The molecule has 0 aliphatic rings. The van der Waals surface area contributed by atoms with Crippen molar-refractivity contribution in [3.05, 3.63) is 41.7 Å². The molecule has 0 atom stereocenters. The molecular formula is C12H11BrF2O3. The van der Waals surface area contributed by atoms with Gasteiger partial charge in [0.1, 0.15) is 5.76 Å². The number of hydrogen-bond acceptors (Lipinski definition) is 3. The van der Waals surface area contributed by atoms with E-state index in [0.29, 0.717) is 0 Å². The highest BCUT2D eigenvalue weighted by molar-refractivity contribution is 9.09. The van der Waals surface area contributed by atoms with Gasteiger partial charge < -0.3 is 9.47 Å². The van der Waals surface area contributed by atoms with Crippen molar-refractivity contribution in [1.29, 1.82) is 0 Å². The molecule has 0 amide bonds. The summed E-state index contributed by atoms with van der Waals surface area (Å²) in [5, 5.41) is 0.168. The summed E-state index contributed by atoms with van der Waals surface area (Å²) < 4.78 is 36.0. The minimum atomic E-state index is -1.10. The van der Waals surface area contributed by atoms with Crippen molar-refractivity contribution >= 4 is 21.9 Å². The molecule has 1 rings (SSSR count). The molecule has 0 fully saturated rings. The Hall–Kier alpha value is -1.43. The van der Waals surface area contributed by atoms with Gasteiger partial charge in [0.2, 0.25) is 5.82 Å². The normalized spacial score (nSPS) is 11.2. The third-order valence-electron chi connectivity index (χ3n) is 1.85. The molecule has 98 valence electrons. The van der Waals surface area contributed by atoms with Crippen LogP contribution in [0.5, 0.6) is 5.75 Å². The molecule has 0 aromatic heterocycles. The molecule has 0 unspecified atom stereocenters. The summed E-state index contributed by atoms with van der Waals surface area (Å²) >= 11 is 3.08. The number of alkyl halides is 1. The average Bonchev–Trinajstić information content (AvgIpc) is 2.34. The van der Waals surface area contributed by atoms with Crippen LogP contribution in [0.25, 0.3) is 0 Å². The number of esters is 1. The van der Waals surface area contributed by atoms with Crippen LogP contribution in [0, 0.1) is 11.6 Å². The molecule has 0 spiro atoms. The van der Waals surface area contributed by atoms with Crippen molar-refractivity contribution < 1.29 is 23.0 Å². The second kappa shape index (κ2) is 7.10. The summed E-state index contributed by atoms with van der Waals surface area (Å²) in [4.78, 5) is 11.2. The molecule has 1 aromatic carbocycles. The highest BCUT2D eigenvalue weighted by atomic mass is 79.9. The number of carbonyl (C=O) groups excluding carboxylic acids is 1. The van der Waals surface area contributed by atoms with Gasteiger partial charge >= 0.3 is 5.97 Å². The highest BCUT2D eigenvalue weighted by Crippen LogP contribution is 2.21. The zero-order valence-corrected chi connectivity index (χ0v) is 11.2. The fourth-order valence-electron chi connectivity index (χ4n) is 1.11. The largest absolute Gasteiger partial charge is 0.463 e. The van der Waals surface area contributed by atoms with Crippen molar-refractivity contribution in [2.75, 3.05) is 11.9 Å². The Bertz CT molecular complexity index is 461. The minimum absolute atomic E-state index is 0.123. The first kappa shape index (κ1) is 14.6. The van der Waals surface area contributed by atoms with Gasteiger partial charge in [-0.1, -0.05) is 22.0 Å². The van der Waals surface area contributed by atoms with Gasteiger partial charge in [0.15, 0.2) is 11.6 Å². The second-order valence-electron chi connectivity index (χ2n) is 3.15. The predicted molar refractivity (Wildman–Crippen MR) is 65.5 cm³/mol. The molecule has 0 saturated carbocycles. The molecule has 0 aliphatic carbocycles. The van der Waals surface area contributed by atoms with Crippen LogP contribution in [-0.2, 0) is 9.53 Å². The van der Waals surface area contributed by atoms with Gasteiger partial charge in [-0.05, 0) is 19.1 Å². The quantitative estimate of drug-likeness (QED) is 0.362. The number of hydrogen-bond donors (Lipinski definition) is 0. The maximum absolute atomic E-state index is 13.3. The van der Waals surface area contributed by atoms with Crippen molar-refractivity contribution in [2.24, 2.45) is 0 Å². The van der Waals surface area contributed by atoms with Crippen LogP contribution in [0.2, 0.25) is 0 Å². The topological polar surface area (TPSA) is 35.5 Å². The van der Waals surface area contributed by atoms with Gasteiger partial charge in [0, 0.05) is 0 Å². The molecule has 0 aliphatic heterocycles. The Kier molecular flexibility index (Phi) is 5.77. The van der Waals surface area contributed by atoms with E-state index >= 15 is 0 Å². The average molecular weight is 321 g/mol. The number of halogens is 3. The van der Waals surface area contributed by atoms with E-state index < -0.39 is 17.6 Å². The number of rotatable bonds is 5. The zero-order chi connectivity index (χ0) is 13.5. The van der Waals surface area contributed by atoms with E-state index in [1.807, 2.05) is 0 Å². The molecule has 0 N–H and O–H groups in total. The first-order valence-corrected chi connectivity index (χ1v) is 6.25. The third kappa shape index (κ3) is 4.10. The Morgan fingerprint density at radius 1 is 1.44 bits per heavy atom.